The second-order valence-corrected chi connectivity index (χ2v) is 12.8. The minimum absolute atomic E-state index is 0.603. The molecule has 0 aliphatic heterocycles. The number of hydrogen-bond acceptors (Lipinski definition) is 6. The molecular formula is C46H29N7. The summed E-state index contributed by atoms with van der Waals surface area (Å²) in [5.74, 6) is 1.48. The van der Waals surface area contributed by atoms with Crippen molar-refractivity contribution >= 4 is 32.7 Å². The van der Waals surface area contributed by atoms with Gasteiger partial charge in [-0.2, -0.15) is 0 Å². The first-order chi connectivity index (χ1) is 26.3. The van der Waals surface area contributed by atoms with Gasteiger partial charge in [0.05, 0.1) is 33.6 Å². The van der Waals surface area contributed by atoms with E-state index >= 15 is 0 Å². The Kier molecular flexibility index (Phi) is 7.32. The molecule has 5 heterocycles. The third kappa shape index (κ3) is 5.39. The van der Waals surface area contributed by atoms with Gasteiger partial charge in [-0.05, 0) is 60.0 Å². The number of hydrogen-bond donors (Lipinski definition) is 0. The summed E-state index contributed by atoms with van der Waals surface area (Å²) < 4.78 is 2.25. The van der Waals surface area contributed by atoms with Crippen LogP contribution < -0.4 is 0 Å². The SMILES string of the molecule is c1ccc(-c2nc3c4c(-c5ccc(-c6cc(-c7cccnc7)nc(-c7cccnc7)n6)cc5)nc5ccccc5c4ccc3n2-c2ccccc2)cc1. The highest BCUT2D eigenvalue weighted by atomic mass is 15.1. The topological polar surface area (TPSA) is 82.3 Å². The molecule has 0 bridgehead atoms. The molecule has 10 rings (SSSR count). The maximum Gasteiger partial charge on any atom is 0.161 e. The Balaban J connectivity index is 1.18. The number of aromatic nitrogens is 7. The lowest BCUT2D eigenvalue weighted by atomic mass is 9.97. The first-order valence-electron chi connectivity index (χ1n) is 17.4. The molecule has 0 saturated heterocycles. The molecular weight excluding hydrogens is 651 g/mol. The van der Waals surface area contributed by atoms with Crippen LogP contribution in [0.3, 0.4) is 0 Å². The summed E-state index contributed by atoms with van der Waals surface area (Å²) in [5, 5.41) is 3.21. The molecule has 248 valence electrons. The summed E-state index contributed by atoms with van der Waals surface area (Å²) >= 11 is 0. The zero-order chi connectivity index (χ0) is 35.1. The van der Waals surface area contributed by atoms with Gasteiger partial charge in [-0.1, -0.05) is 97.1 Å². The van der Waals surface area contributed by atoms with E-state index in [1.54, 1.807) is 18.6 Å². The largest absolute Gasteiger partial charge is 0.292 e. The molecule has 0 aliphatic carbocycles. The van der Waals surface area contributed by atoms with Crippen LogP contribution in [0.25, 0.3) is 94.9 Å². The van der Waals surface area contributed by atoms with Crippen LogP contribution in [0.5, 0.6) is 0 Å². The van der Waals surface area contributed by atoms with Crippen molar-refractivity contribution in [3.05, 3.63) is 176 Å². The van der Waals surface area contributed by atoms with Crippen molar-refractivity contribution in [1.82, 2.24) is 34.5 Å². The maximum absolute atomic E-state index is 5.42. The lowest BCUT2D eigenvalue weighted by Gasteiger charge is -2.13. The first-order valence-corrected chi connectivity index (χ1v) is 17.4. The molecule has 0 fully saturated rings. The van der Waals surface area contributed by atoms with Crippen LogP contribution in [-0.2, 0) is 0 Å². The predicted molar refractivity (Wildman–Crippen MR) is 212 cm³/mol. The van der Waals surface area contributed by atoms with Gasteiger partial charge in [-0.15, -0.1) is 0 Å². The van der Waals surface area contributed by atoms with E-state index in [2.05, 4.69) is 118 Å². The normalized spacial score (nSPS) is 11.4. The number of para-hydroxylation sites is 2. The lowest BCUT2D eigenvalue weighted by Crippen LogP contribution is -1.97. The van der Waals surface area contributed by atoms with E-state index in [1.807, 2.05) is 54.7 Å². The molecule has 0 N–H and O–H groups in total. The Morgan fingerprint density at radius 2 is 1.08 bits per heavy atom. The summed E-state index contributed by atoms with van der Waals surface area (Å²) in [6.07, 6.45) is 7.12. The van der Waals surface area contributed by atoms with E-state index in [1.165, 1.54) is 0 Å². The van der Waals surface area contributed by atoms with Gasteiger partial charge < -0.3 is 0 Å². The molecule has 0 amide bonds. The minimum Gasteiger partial charge on any atom is -0.292 e. The zero-order valence-corrected chi connectivity index (χ0v) is 28.4. The Bertz CT molecular complexity index is 2850. The van der Waals surface area contributed by atoms with Crippen molar-refractivity contribution in [3.63, 3.8) is 0 Å². The lowest BCUT2D eigenvalue weighted by molar-refractivity contribution is 1.10. The molecule has 53 heavy (non-hydrogen) atoms. The molecule has 0 spiro atoms. The van der Waals surface area contributed by atoms with E-state index in [9.17, 15) is 0 Å². The molecule has 0 unspecified atom stereocenters. The van der Waals surface area contributed by atoms with Crippen molar-refractivity contribution < 1.29 is 0 Å². The van der Waals surface area contributed by atoms with Crippen molar-refractivity contribution in [1.29, 1.82) is 0 Å². The fourth-order valence-corrected chi connectivity index (χ4v) is 7.09. The predicted octanol–water partition coefficient (Wildman–Crippen LogP) is 10.6. The Morgan fingerprint density at radius 3 is 1.81 bits per heavy atom. The number of nitrogens with zero attached hydrogens (tertiary/aromatic N) is 7. The second kappa shape index (κ2) is 12.7. The molecule has 0 saturated carbocycles. The first kappa shape index (κ1) is 30.4. The quantitative estimate of drug-likeness (QED) is 0.163. The van der Waals surface area contributed by atoms with Crippen LogP contribution in [0.15, 0.2) is 176 Å². The zero-order valence-electron chi connectivity index (χ0n) is 28.4. The van der Waals surface area contributed by atoms with Gasteiger partial charge >= 0.3 is 0 Å². The standard InChI is InChI=1S/C46H29N7/c1-3-11-32(12-4-1)46-52-44-41(53(46)35-15-5-2-6-16-35)24-23-37-36-17-7-8-18-38(36)49-43(42(37)44)31-21-19-30(20-22-31)39-27-40(33-13-9-25-47-28-33)51-45(50-39)34-14-10-26-48-29-34/h1-29H. The van der Waals surface area contributed by atoms with Gasteiger partial charge in [-0.25, -0.2) is 19.9 Å². The molecule has 7 heteroatoms. The monoisotopic (exact) mass is 679 g/mol. The number of benzene rings is 5. The molecule has 0 aliphatic rings. The number of rotatable bonds is 6. The van der Waals surface area contributed by atoms with Crippen molar-refractivity contribution in [2.24, 2.45) is 0 Å². The summed E-state index contributed by atoms with van der Waals surface area (Å²) in [6, 6.07) is 51.8. The van der Waals surface area contributed by atoms with Crippen LogP contribution in [0, 0.1) is 0 Å². The van der Waals surface area contributed by atoms with Crippen LogP contribution in [0.1, 0.15) is 0 Å². The van der Waals surface area contributed by atoms with Gasteiger partial charge in [0.2, 0.25) is 0 Å². The fourth-order valence-electron chi connectivity index (χ4n) is 7.09. The van der Waals surface area contributed by atoms with Gasteiger partial charge in [0, 0.05) is 69.1 Å². The Hall–Kier alpha value is -7.38. The van der Waals surface area contributed by atoms with E-state index in [0.717, 1.165) is 89.1 Å². The van der Waals surface area contributed by atoms with Gasteiger partial charge in [-0.3, -0.25) is 14.5 Å². The molecule has 5 aromatic carbocycles. The third-order valence-corrected chi connectivity index (χ3v) is 9.59. The van der Waals surface area contributed by atoms with Crippen molar-refractivity contribution in [2.45, 2.75) is 0 Å². The smallest absolute Gasteiger partial charge is 0.161 e. The second-order valence-electron chi connectivity index (χ2n) is 12.8. The number of pyridine rings is 3. The maximum atomic E-state index is 5.42. The molecule has 5 aromatic heterocycles. The number of fused-ring (bicyclic) bond motifs is 5. The summed E-state index contributed by atoms with van der Waals surface area (Å²) in [4.78, 5) is 29.3. The van der Waals surface area contributed by atoms with E-state index in [-0.39, 0.29) is 0 Å². The highest BCUT2D eigenvalue weighted by Crippen LogP contribution is 2.40. The van der Waals surface area contributed by atoms with E-state index in [4.69, 9.17) is 19.9 Å². The Morgan fingerprint density at radius 1 is 0.434 bits per heavy atom. The van der Waals surface area contributed by atoms with Crippen LogP contribution in [0.2, 0.25) is 0 Å². The average Bonchev–Trinajstić information content (AvgIpc) is 3.65. The van der Waals surface area contributed by atoms with Gasteiger partial charge in [0.15, 0.2) is 5.82 Å². The fraction of sp³-hybridized carbons (Fsp3) is 0. The van der Waals surface area contributed by atoms with Gasteiger partial charge in [0.1, 0.15) is 5.82 Å². The summed E-state index contributed by atoms with van der Waals surface area (Å²) in [7, 11) is 0. The third-order valence-electron chi connectivity index (χ3n) is 9.59. The Labute approximate surface area is 305 Å². The molecule has 10 aromatic rings. The van der Waals surface area contributed by atoms with E-state index in [0.29, 0.717) is 5.82 Å². The highest BCUT2D eigenvalue weighted by molar-refractivity contribution is 6.20. The average molecular weight is 680 g/mol. The molecule has 0 atom stereocenters. The summed E-state index contributed by atoms with van der Waals surface area (Å²) in [5.41, 5.74) is 11.1. The molecule has 0 radical (unpaired) electrons. The highest BCUT2D eigenvalue weighted by Gasteiger charge is 2.21. The van der Waals surface area contributed by atoms with Crippen LogP contribution in [-0.4, -0.2) is 34.5 Å². The number of imidazole rings is 1. The molecule has 7 nitrogen and oxygen atoms in total. The van der Waals surface area contributed by atoms with Crippen LogP contribution in [0.4, 0.5) is 0 Å². The van der Waals surface area contributed by atoms with Crippen LogP contribution >= 0.6 is 0 Å². The van der Waals surface area contributed by atoms with E-state index < -0.39 is 0 Å². The summed E-state index contributed by atoms with van der Waals surface area (Å²) in [6.45, 7) is 0. The van der Waals surface area contributed by atoms with Crippen molar-refractivity contribution in [2.75, 3.05) is 0 Å². The minimum atomic E-state index is 0.603. The van der Waals surface area contributed by atoms with Gasteiger partial charge in [0.25, 0.3) is 0 Å². The van der Waals surface area contributed by atoms with Crippen molar-refractivity contribution in [3.8, 4) is 62.2 Å².